The summed E-state index contributed by atoms with van der Waals surface area (Å²) in [6.07, 6.45) is 5.99. The number of carboxylic acid groups (broad SMARTS) is 1. The van der Waals surface area contributed by atoms with Crippen molar-refractivity contribution in [3.8, 4) is 0 Å². The number of nitrogens with zero attached hydrogens (tertiary/aromatic N) is 3. The number of carbonyl (C=O) groups is 1. The van der Waals surface area contributed by atoms with Gasteiger partial charge in [-0.05, 0) is 29.8 Å². The highest BCUT2D eigenvalue weighted by atomic mass is 19.1. The Balaban J connectivity index is 2.20. The minimum absolute atomic E-state index is 0.407. The first-order valence-electron chi connectivity index (χ1n) is 6.34. The number of aryl methyl sites for hydroxylation is 1. The minimum atomic E-state index is -1.07. The third-order valence-electron chi connectivity index (χ3n) is 2.94. The van der Waals surface area contributed by atoms with E-state index in [9.17, 15) is 9.18 Å². The molecule has 5 nitrogen and oxygen atoms in total. The molecule has 0 aliphatic rings. The van der Waals surface area contributed by atoms with E-state index < -0.39 is 11.8 Å². The largest absolute Gasteiger partial charge is 0.478 e. The smallest absolute Gasteiger partial charge is 0.328 e. The zero-order valence-corrected chi connectivity index (χ0v) is 11.8. The van der Waals surface area contributed by atoms with Crippen molar-refractivity contribution in [1.29, 1.82) is 0 Å². The molecule has 6 heteroatoms. The second-order valence-corrected chi connectivity index (χ2v) is 4.79. The zero-order valence-electron chi connectivity index (χ0n) is 11.8. The molecule has 0 spiro atoms. The number of benzene rings is 1. The molecule has 0 radical (unpaired) electrons. The maximum Gasteiger partial charge on any atom is 0.328 e. The third kappa shape index (κ3) is 4.17. The molecule has 1 aromatic heterocycles. The van der Waals surface area contributed by atoms with Gasteiger partial charge in [-0.1, -0.05) is 0 Å². The molecule has 0 aliphatic heterocycles. The Morgan fingerprint density at radius 3 is 2.86 bits per heavy atom. The van der Waals surface area contributed by atoms with E-state index >= 15 is 0 Å². The van der Waals surface area contributed by atoms with Gasteiger partial charge >= 0.3 is 5.97 Å². The van der Waals surface area contributed by atoms with Crippen LogP contribution in [-0.4, -0.2) is 27.9 Å². The van der Waals surface area contributed by atoms with Gasteiger partial charge in [0, 0.05) is 44.2 Å². The molecule has 0 aliphatic carbocycles. The minimum Gasteiger partial charge on any atom is -0.478 e. The Hall–Kier alpha value is -2.63. The highest BCUT2D eigenvalue weighted by Crippen LogP contribution is 2.20. The van der Waals surface area contributed by atoms with Gasteiger partial charge in [0.15, 0.2) is 0 Å². The summed E-state index contributed by atoms with van der Waals surface area (Å²) < 4.78 is 15.3. The Morgan fingerprint density at radius 1 is 1.48 bits per heavy atom. The molecule has 2 rings (SSSR count). The number of hydrogen-bond acceptors (Lipinski definition) is 3. The van der Waals surface area contributed by atoms with E-state index in [0.29, 0.717) is 17.8 Å². The van der Waals surface area contributed by atoms with Gasteiger partial charge in [0.1, 0.15) is 5.82 Å². The standard InChI is InChI=1S/C15H16FN3O2/c1-18(9-12-8-17-19(2)10-12)14-6-11(3-4-15(20)21)5-13(16)7-14/h3-8,10H,9H2,1-2H3,(H,20,21)/b4-3+. The van der Waals surface area contributed by atoms with Crippen LogP contribution in [0.15, 0.2) is 36.7 Å². The Bertz CT molecular complexity index is 679. The lowest BCUT2D eigenvalue weighted by Gasteiger charge is -2.19. The van der Waals surface area contributed by atoms with Crippen LogP contribution in [0.1, 0.15) is 11.1 Å². The third-order valence-corrected chi connectivity index (χ3v) is 2.94. The average Bonchev–Trinajstić information content (AvgIpc) is 2.81. The van der Waals surface area contributed by atoms with Gasteiger partial charge in [-0.15, -0.1) is 0 Å². The maximum atomic E-state index is 13.6. The maximum absolute atomic E-state index is 13.6. The summed E-state index contributed by atoms with van der Waals surface area (Å²) in [6.45, 7) is 0.583. The second-order valence-electron chi connectivity index (χ2n) is 4.79. The van der Waals surface area contributed by atoms with Crippen molar-refractivity contribution in [3.05, 3.63) is 53.6 Å². The van der Waals surface area contributed by atoms with Crippen LogP contribution in [-0.2, 0) is 18.4 Å². The van der Waals surface area contributed by atoms with E-state index in [4.69, 9.17) is 5.11 Å². The molecule has 21 heavy (non-hydrogen) atoms. The molecule has 0 amide bonds. The summed E-state index contributed by atoms with van der Waals surface area (Å²) in [5.41, 5.74) is 2.18. The number of aliphatic carboxylic acids is 1. The van der Waals surface area contributed by atoms with Crippen molar-refractivity contribution in [1.82, 2.24) is 9.78 Å². The summed E-state index contributed by atoms with van der Waals surface area (Å²) in [7, 11) is 3.67. The number of anilines is 1. The monoisotopic (exact) mass is 289 g/mol. The summed E-state index contributed by atoms with van der Waals surface area (Å²) in [5.74, 6) is -1.47. The van der Waals surface area contributed by atoms with Gasteiger partial charge in [-0.3, -0.25) is 4.68 Å². The normalized spacial score (nSPS) is 11.0. The number of aromatic nitrogens is 2. The molecule has 1 heterocycles. The van der Waals surface area contributed by atoms with E-state index in [-0.39, 0.29) is 0 Å². The molecule has 110 valence electrons. The van der Waals surface area contributed by atoms with E-state index in [1.54, 1.807) is 16.9 Å². The topological polar surface area (TPSA) is 58.4 Å². The first kappa shape index (κ1) is 14.8. The second kappa shape index (κ2) is 6.21. The van der Waals surface area contributed by atoms with Gasteiger partial charge < -0.3 is 10.0 Å². The Kier molecular flexibility index (Phi) is 4.37. The van der Waals surface area contributed by atoms with Crippen molar-refractivity contribution in [2.24, 2.45) is 7.05 Å². The van der Waals surface area contributed by atoms with Gasteiger partial charge in [0.05, 0.1) is 6.20 Å². The molecule has 0 bridgehead atoms. The van der Waals surface area contributed by atoms with Crippen LogP contribution in [0.5, 0.6) is 0 Å². The molecule has 0 saturated carbocycles. The van der Waals surface area contributed by atoms with Gasteiger partial charge in [0.2, 0.25) is 0 Å². The van der Waals surface area contributed by atoms with Crippen LogP contribution >= 0.6 is 0 Å². The van der Waals surface area contributed by atoms with Crippen molar-refractivity contribution in [3.63, 3.8) is 0 Å². The van der Waals surface area contributed by atoms with Gasteiger partial charge in [0.25, 0.3) is 0 Å². The van der Waals surface area contributed by atoms with E-state index in [1.807, 2.05) is 25.2 Å². The number of hydrogen-bond donors (Lipinski definition) is 1. The molecule has 0 atom stereocenters. The zero-order chi connectivity index (χ0) is 15.4. The van der Waals surface area contributed by atoms with Crippen molar-refractivity contribution < 1.29 is 14.3 Å². The molecule has 2 aromatic rings. The lowest BCUT2D eigenvalue weighted by molar-refractivity contribution is -0.131. The molecule has 0 unspecified atom stereocenters. The van der Waals surface area contributed by atoms with Crippen molar-refractivity contribution >= 4 is 17.7 Å². The number of halogens is 1. The lowest BCUT2D eigenvalue weighted by atomic mass is 10.1. The fourth-order valence-corrected chi connectivity index (χ4v) is 2.00. The lowest BCUT2D eigenvalue weighted by Crippen LogP contribution is -2.16. The fourth-order valence-electron chi connectivity index (χ4n) is 2.00. The summed E-state index contributed by atoms with van der Waals surface area (Å²) in [4.78, 5) is 12.4. The molecule has 1 N–H and O–H groups in total. The van der Waals surface area contributed by atoms with E-state index in [2.05, 4.69) is 5.10 Å². The van der Waals surface area contributed by atoms with Gasteiger partial charge in [-0.25, -0.2) is 9.18 Å². The van der Waals surface area contributed by atoms with E-state index in [1.165, 1.54) is 18.2 Å². The van der Waals surface area contributed by atoms with Crippen LogP contribution in [0.4, 0.5) is 10.1 Å². The fraction of sp³-hybridized carbons (Fsp3) is 0.200. The highest BCUT2D eigenvalue weighted by Gasteiger charge is 2.07. The first-order valence-corrected chi connectivity index (χ1v) is 6.34. The van der Waals surface area contributed by atoms with Gasteiger partial charge in [-0.2, -0.15) is 5.10 Å². The first-order chi connectivity index (χ1) is 9.94. The van der Waals surface area contributed by atoms with Crippen LogP contribution < -0.4 is 4.90 Å². The number of carboxylic acids is 1. The van der Waals surface area contributed by atoms with Crippen LogP contribution in [0.25, 0.3) is 6.08 Å². The predicted octanol–water partition coefficient (Wildman–Crippen LogP) is 2.29. The summed E-state index contributed by atoms with van der Waals surface area (Å²) in [6, 6.07) is 4.44. The summed E-state index contributed by atoms with van der Waals surface area (Å²) in [5, 5.41) is 12.7. The quantitative estimate of drug-likeness (QED) is 0.858. The van der Waals surface area contributed by atoms with Crippen molar-refractivity contribution in [2.45, 2.75) is 6.54 Å². The van der Waals surface area contributed by atoms with Crippen LogP contribution in [0, 0.1) is 5.82 Å². The molecule has 1 aromatic carbocycles. The molecular weight excluding hydrogens is 273 g/mol. The SMILES string of the molecule is CN(Cc1cnn(C)c1)c1cc(F)cc(/C=C/C(=O)O)c1. The Morgan fingerprint density at radius 2 is 2.24 bits per heavy atom. The summed E-state index contributed by atoms with van der Waals surface area (Å²) >= 11 is 0. The Labute approximate surface area is 121 Å². The highest BCUT2D eigenvalue weighted by molar-refractivity contribution is 5.85. The van der Waals surface area contributed by atoms with E-state index in [0.717, 1.165) is 11.6 Å². The molecular formula is C15H16FN3O2. The van der Waals surface area contributed by atoms with Crippen LogP contribution in [0.3, 0.4) is 0 Å². The average molecular weight is 289 g/mol. The van der Waals surface area contributed by atoms with Crippen molar-refractivity contribution in [2.75, 3.05) is 11.9 Å². The molecule has 0 saturated heterocycles. The van der Waals surface area contributed by atoms with Crippen LogP contribution in [0.2, 0.25) is 0 Å². The number of rotatable bonds is 5. The molecule has 0 fully saturated rings. The predicted molar refractivity (Wildman–Crippen MR) is 78.4 cm³/mol.